The summed E-state index contributed by atoms with van der Waals surface area (Å²) in [6.07, 6.45) is 1.61. The number of aromatic nitrogens is 2. The minimum absolute atomic E-state index is 0.154. The van der Waals surface area contributed by atoms with Crippen molar-refractivity contribution < 1.29 is 4.52 Å². The summed E-state index contributed by atoms with van der Waals surface area (Å²) in [5.74, 6) is 0. The molecule has 0 unspecified atom stereocenters. The fraction of sp³-hybridized carbons (Fsp3) is 0. The van der Waals surface area contributed by atoms with Crippen LogP contribution in [0.2, 0.25) is 0 Å². The number of nitrogens with zero attached hydrogens (tertiary/aromatic N) is 2. The first-order valence-corrected chi connectivity index (χ1v) is 6.57. The first-order chi connectivity index (χ1) is 7.93. The molecule has 3 aromatic rings. The van der Waals surface area contributed by atoms with Gasteiger partial charge in [-0.2, -0.15) is 0 Å². The van der Waals surface area contributed by atoms with Crippen LogP contribution in [0.15, 0.2) is 53.3 Å². The SMILES string of the molecule is c1ccc2c([Se]c3conn3)cccc2c1. The zero-order chi connectivity index (χ0) is 10.8. The fourth-order valence-corrected chi connectivity index (χ4v) is 3.35. The number of fused-ring (bicyclic) bond motifs is 1. The van der Waals surface area contributed by atoms with Crippen LogP contribution in [0.4, 0.5) is 0 Å². The molecule has 3 nitrogen and oxygen atoms in total. The predicted molar refractivity (Wildman–Crippen MR) is 63.3 cm³/mol. The second-order valence-electron chi connectivity index (χ2n) is 3.32. The molecule has 0 N–H and O–H groups in total. The van der Waals surface area contributed by atoms with E-state index in [9.17, 15) is 0 Å². The van der Waals surface area contributed by atoms with Crippen molar-refractivity contribution in [1.29, 1.82) is 0 Å². The quantitative estimate of drug-likeness (QED) is 0.652. The van der Waals surface area contributed by atoms with Crippen molar-refractivity contribution in [3.8, 4) is 0 Å². The van der Waals surface area contributed by atoms with E-state index >= 15 is 0 Å². The number of hydrogen-bond acceptors (Lipinski definition) is 3. The molecule has 0 radical (unpaired) electrons. The second kappa shape index (κ2) is 4.08. The van der Waals surface area contributed by atoms with E-state index in [1.807, 2.05) is 0 Å². The van der Waals surface area contributed by atoms with Crippen molar-refractivity contribution in [2.24, 2.45) is 0 Å². The molecular formula is C12H8N2OSe. The van der Waals surface area contributed by atoms with E-state index in [1.54, 1.807) is 6.26 Å². The van der Waals surface area contributed by atoms with Gasteiger partial charge < -0.3 is 0 Å². The number of benzene rings is 2. The molecule has 1 aromatic heterocycles. The van der Waals surface area contributed by atoms with Crippen LogP contribution in [0.3, 0.4) is 0 Å². The van der Waals surface area contributed by atoms with Gasteiger partial charge in [-0.3, -0.25) is 0 Å². The molecule has 4 heteroatoms. The topological polar surface area (TPSA) is 38.9 Å². The van der Waals surface area contributed by atoms with Crippen LogP contribution in [-0.4, -0.2) is 25.3 Å². The summed E-state index contributed by atoms with van der Waals surface area (Å²) in [7, 11) is 0. The third-order valence-corrected chi connectivity index (χ3v) is 4.32. The Morgan fingerprint density at radius 2 is 1.88 bits per heavy atom. The van der Waals surface area contributed by atoms with E-state index in [0.717, 1.165) is 4.59 Å². The molecule has 0 aliphatic heterocycles. The van der Waals surface area contributed by atoms with E-state index in [4.69, 9.17) is 4.52 Å². The molecule has 0 saturated heterocycles. The third kappa shape index (κ3) is 1.73. The average Bonchev–Trinajstić information content (AvgIpc) is 2.82. The number of hydrogen-bond donors (Lipinski definition) is 0. The van der Waals surface area contributed by atoms with E-state index in [-0.39, 0.29) is 15.0 Å². The summed E-state index contributed by atoms with van der Waals surface area (Å²) in [5, 5.41) is 9.97. The molecule has 78 valence electrons. The van der Waals surface area contributed by atoms with Gasteiger partial charge in [0.15, 0.2) is 0 Å². The Morgan fingerprint density at radius 1 is 1.00 bits per heavy atom. The van der Waals surface area contributed by atoms with E-state index in [0.29, 0.717) is 0 Å². The molecule has 0 saturated carbocycles. The monoisotopic (exact) mass is 276 g/mol. The summed E-state index contributed by atoms with van der Waals surface area (Å²) < 4.78 is 6.98. The van der Waals surface area contributed by atoms with Gasteiger partial charge in [0.05, 0.1) is 0 Å². The first kappa shape index (κ1) is 9.58. The molecule has 0 atom stereocenters. The van der Waals surface area contributed by atoms with Crippen LogP contribution < -0.4 is 9.05 Å². The van der Waals surface area contributed by atoms with Crippen molar-refractivity contribution in [3.63, 3.8) is 0 Å². The first-order valence-electron chi connectivity index (χ1n) is 4.86. The van der Waals surface area contributed by atoms with Gasteiger partial charge in [0.25, 0.3) is 0 Å². The van der Waals surface area contributed by atoms with Crippen LogP contribution in [0.5, 0.6) is 0 Å². The Labute approximate surface area is 98.6 Å². The van der Waals surface area contributed by atoms with Gasteiger partial charge in [-0.25, -0.2) is 0 Å². The normalized spacial score (nSPS) is 10.8. The van der Waals surface area contributed by atoms with Gasteiger partial charge in [0.2, 0.25) is 0 Å². The van der Waals surface area contributed by atoms with Gasteiger partial charge in [-0.1, -0.05) is 0 Å². The van der Waals surface area contributed by atoms with Crippen LogP contribution >= 0.6 is 0 Å². The molecular weight excluding hydrogens is 267 g/mol. The maximum atomic E-state index is 4.75. The van der Waals surface area contributed by atoms with Crippen molar-refractivity contribution >= 4 is 34.8 Å². The molecule has 0 spiro atoms. The Hall–Kier alpha value is -1.64. The van der Waals surface area contributed by atoms with E-state index in [1.165, 1.54) is 15.2 Å². The second-order valence-corrected chi connectivity index (χ2v) is 5.55. The predicted octanol–water partition coefficient (Wildman–Crippen LogP) is 0.878. The molecule has 0 fully saturated rings. The van der Waals surface area contributed by atoms with Crippen molar-refractivity contribution in [2.75, 3.05) is 0 Å². The standard InChI is InChI=1S/C12H8N2OSe/c1-2-6-10-9(4-1)5-3-7-11(10)16-12-8-15-14-13-12/h1-8H. The fourth-order valence-electron chi connectivity index (χ4n) is 1.60. The molecule has 0 aliphatic rings. The zero-order valence-corrected chi connectivity index (χ0v) is 10.0. The van der Waals surface area contributed by atoms with Crippen molar-refractivity contribution in [1.82, 2.24) is 10.4 Å². The minimum atomic E-state index is 0.154. The zero-order valence-electron chi connectivity index (χ0n) is 8.33. The summed E-state index contributed by atoms with van der Waals surface area (Å²) >= 11 is 0.154. The Kier molecular flexibility index (Phi) is 2.44. The molecule has 2 aromatic carbocycles. The Balaban J connectivity index is 2.10. The molecule has 3 rings (SSSR count). The van der Waals surface area contributed by atoms with Crippen LogP contribution in [0, 0.1) is 0 Å². The average molecular weight is 275 g/mol. The van der Waals surface area contributed by atoms with Gasteiger partial charge in [-0.05, 0) is 0 Å². The summed E-state index contributed by atoms with van der Waals surface area (Å²) in [6.45, 7) is 0. The van der Waals surface area contributed by atoms with Crippen LogP contribution in [-0.2, 0) is 0 Å². The van der Waals surface area contributed by atoms with Crippen LogP contribution in [0.1, 0.15) is 0 Å². The van der Waals surface area contributed by atoms with Crippen molar-refractivity contribution in [3.05, 3.63) is 48.7 Å². The molecule has 0 bridgehead atoms. The van der Waals surface area contributed by atoms with Gasteiger partial charge in [-0.15, -0.1) is 0 Å². The maximum absolute atomic E-state index is 4.75. The third-order valence-electron chi connectivity index (χ3n) is 2.30. The number of rotatable bonds is 2. The summed E-state index contributed by atoms with van der Waals surface area (Å²) in [5.41, 5.74) is 0. The van der Waals surface area contributed by atoms with Crippen molar-refractivity contribution in [2.45, 2.75) is 0 Å². The van der Waals surface area contributed by atoms with Gasteiger partial charge in [0, 0.05) is 0 Å². The Bertz CT molecular complexity index is 602. The van der Waals surface area contributed by atoms with Gasteiger partial charge >= 0.3 is 98.4 Å². The Morgan fingerprint density at radius 3 is 2.75 bits per heavy atom. The molecule has 16 heavy (non-hydrogen) atoms. The molecule has 0 aliphatic carbocycles. The molecule has 0 amide bonds. The molecule has 1 heterocycles. The summed E-state index contributed by atoms with van der Waals surface area (Å²) in [6, 6.07) is 14.7. The van der Waals surface area contributed by atoms with Gasteiger partial charge in [0.1, 0.15) is 0 Å². The van der Waals surface area contributed by atoms with Crippen LogP contribution in [0.25, 0.3) is 10.8 Å². The van der Waals surface area contributed by atoms with E-state index < -0.39 is 0 Å². The summed E-state index contributed by atoms with van der Waals surface area (Å²) in [4.78, 5) is 0. The van der Waals surface area contributed by atoms with E-state index in [2.05, 4.69) is 52.8 Å².